The van der Waals surface area contributed by atoms with Crippen LogP contribution in [0, 0.1) is 17.2 Å². The second-order valence-electron chi connectivity index (χ2n) is 8.23. The van der Waals surface area contributed by atoms with Crippen LogP contribution in [0.25, 0.3) is 10.9 Å². The summed E-state index contributed by atoms with van der Waals surface area (Å²) in [5.74, 6) is 0.418. The zero-order chi connectivity index (χ0) is 19.6. The van der Waals surface area contributed by atoms with Crippen LogP contribution in [0.4, 0.5) is 10.5 Å². The van der Waals surface area contributed by atoms with Crippen molar-refractivity contribution in [1.82, 2.24) is 10.3 Å². The minimum Gasteiger partial charge on any atom is -0.444 e. The number of nitrogens with zero attached hydrogens (tertiary/aromatic N) is 3. The Labute approximate surface area is 160 Å². The molecule has 142 valence electrons. The molecular formula is C21H26N4O2. The third-order valence-corrected chi connectivity index (χ3v) is 4.59. The Balaban J connectivity index is 1.84. The van der Waals surface area contributed by atoms with Gasteiger partial charge in [-0.15, -0.1) is 0 Å². The summed E-state index contributed by atoms with van der Waals surface area (Å²) in [5, 5.41) is 13.3. The quantitative estimate of drug-likeness (QED) is 0.873. The summed E-state index contributed by atoms with van der Waals surface area (Å²) in [6, 6.07) is 9.89. The highest BCUT2D eigenvalue weighted by atomic mass is 16.6. The number of rotatable bonds is 2. The van der Waals surface area contributed by atoms with Crippen LogP contribution in [-0.4, -0.2) is 35.8 Å². The van der Waals surface area contributed by atoms with Crippen molar-refractivity contribution in [2.45, 2.75) is 45.8 Å². The molecule has 27 heavy (non-hydrogen) atoms. The fourth-order valence-corrected chi connectivity index (χ4v) is 3.65. The Morgan fingerprint density at radius 1 is 1.33 bits per heavy atom. The zero-order valence-corrected chi connectivity index (χ0v) is 16.3. The van der Waals surface area contributed by atoms with E-state index < -0.39 is 5.60 Å². The minimum absolute atomic E-state index is 0.00552. The van der Waals surface area contributed by atoms with Crippen LogP contribution in [0.3, 0.4) is 0 Å². The Morgan fingerprint density at radius 2 is 2.11 bits per heavy atom. The normalized spacial score (nSPS) is 20.2. The van der Waals surface area contributed by atoms with E-state index in [0.29, 0.717) is 23.5 Å². The van der Waals surface area contributed by atoms with Crippen molar-refractivity contribution >= 4 is 22.7 Å². The van der Waals surface area contributed by atoms with Crippen LogP contribution >= 0.6 is 0 Å². The van der Waals surface area contributed by atoms with E-state index in [1.54, 1.807) is 6.20 Å². The van der Waals surface area contributed by atoms with Crippen molar-refractivity contribution in [3.63, 3.8) is 0 Å². The number of fused-ring (bicyclic) bond motifs is 1. The van der Waals surface area contributed by atoms with Crippen molar-refractivity contribution in [1.29, 1.82) is 5.26 Å². The van der Waals surface area contributed by atoms with Crippen molar-refractivity contribution < 1.29 is 9.53 Å². The lowest BCUT2D eigenvalue weighted by atomic mass is 9.94. The van der Waals surface area contributed by atoms with Crippen LogP contribution in [-0.2, 0) is 4.74 Å². The van der Waals surface area contributed by atoms with Crippen LogP contribution in [0.5, 0.6) is 0 Å². The van der Waals surface area contributed by atoms with E-state index in [1.165, 1.54) is 0 Å². The van der Waals surface area contributed by atoms with Crippen molar-refractivity contribution in [2.24, 2.45) is 5.92 Å². The van der Waals surface area contributed by atoms with E-state index in [-0.39, 0.29) is 12.1 Å². The molecule has 1 N–H and O–H groups in total. The Hall–Kier alpha value is -2.81. The van der Waals surface area contributed by atoms with Gasteiger partial charge in [0.05, 0.1) is 11.1 Å². The van der Waals surface area contributed by atoms with Crippen molar-refractivity contribution in [3.8, 4) is 6.07 Å². The number of benzene rings is 1. The van der Waals surface area contributed by atoms with Crippen molar-refractivity contribution in [2.75, 3.05) is 18.0 Å². The minimum atomic E-state index is -0.515. The molecule has 1 aromatic heterocycles. The third-order valence-electron chi connectivity index (χ3n) is 4.59. The van der Waals surface area contributed by atoms with E-state index in [4.69, 9.17) is 4.74 Å². The van der Waals surface area contributed by atoms with E-state index in [0.717, 1.165) is 24.0 Å². The fraction of sp³-hybridized carbons (Fsp3) is 0.476. The number of aromatic nitrogens is 1. The molecule has 0 aliphatic carbocycles. The number of ether oxygens (including phenoxy) is 1. The average Bonchev–Trinajstić information content (AvgIpc) is 2.58. The van der Waals surface area contributed by atoms with E-state index >= 15 is 0 Å². The van der Waals surface area contributed by atoms with E-state index in [9.17, 15) is 10.1 Å². The average molecular weight is 366 g/mol. The van der Waals surface area contributed by atoms with Crippen LogP contribution in [0.2, 0.25) is 0 Å². The number of hydrogen-bond acceptors (Lipinski definition) is 5. The molecule has 0 bridgehead atoms. The molecule has 2 heterocycles. The summed E-state index contributed by atoms with van der Waals surface area (Å²) >= 11 is 0. The third kappa shape index (κ3) is 4.48. The number of carbonyl (C=O) groups is 1. The largest absolute Gasteiger partial charge is 0.444 e. The fourth-order valence-electron chi connectivity index (χ4n) is 3.65. The maximum Gasteiger partial charge on any atom is 0.407 e. The lowest BCUT2D eigenvalue weighted by Crippen LogP contribution is -2.51. The molecular weight excluding hydrogens is 340 g/mol. The molecule has 1 amide bonds. The Bertz CT molecular complexity index is 882. The highest BCUT2D eigenvalue weighted by Crippen LogP contribution is 2.31. The zero-order valence-electron chi connectivity index (χ0n) is 16.3. The summed E-state index contributed by atoms with van der Waals surface area (Å²) in [6.07, 6.45) is 2.23. The predicted molar refractivity (Wildman–Crippen MR) is 106 cm³/mol. The van der Waals surface area contributed by atoms with Crippen LogP contribution in [0.15, 0.2) is 30.5 Å². The first-order valence-electron chi connectivity index (χ1n) is 9.29. The lowest BCUT2D eigenvalue weighted by Gasteiger charge is -2.38. The molecule has 0 spiro atoms. The summed E-state index contributed by atoms with van der Waals surface area (Å²) in [4.78, 5) is 18.8. The van der Waals surface area contributed by atoms with E-state index in [1.807, 2.05) is 45.0 Å². The predicted octanol–water partition coefficient (Wildman–Crippen LogP) is 3.85. The molecule has 1 aliphatic rings. The molecule has 2 aromatic rings. The standard InChI is InChI=1S/C21H26N4O2/c1-14-10-16(24-20(26)27-21(2,3)4)13-25(12-14)18-8-7-15(11-22)19-17(18)6-5-9-23-19/h5-9,14,16H,10,12-13H2,1-4H3,(H,24,26). The van der Waals surface area contributed by atoms with Gasteiger partial charge in [0.25, 0.3) is 0 Å². The summed E-state index contributed by atoms with van der Waals surface area (Å²) in [6.45, 7) is 9.34. The molecule has 2 unspecified atom stereocenters. The van der Waals surface area contributed by atoms with Gasteiger partial charge in [-0.25, -0.2) is 4.79 Å². The molecule has 6 nitrogen and oxygen atoms in total. The number of hydrogen-bond donors (Lipinski definition) is 1. The van der Waals surface area contributed by atoms with Gasteiger partial charge < -0.3 is 15.0 Å². The van der Waals surface area contributed by atoms with Crippen LogP contribution in [0.1, 0.15) is 39.7 Å². The molecule has 1 aliphatic heterocycles. The Kier molecular flexibility index (Phi) is 5.22. The van der Waals surface area contributed by atoms with Gasteiger partial charge >= 0.3 is 6.09 Å². The molecule has 0 radical (unpaired) electrons. The smallest absolute Gasteiger partial charge is 0.407 e. The monoisotopic (exact) mass is 366 g/mol. The van der Waals surface area contributed by atoms with Gasteiger partial charge in [0.15, 0.2) is 0 Å². The van der Waals surface area contributed by atoms with Gasteiger partial charge in [0, 0.05) is 36.4 Å². The maximum atomic E-state index is 12.2. The number of nitriles is 1. The number of nitrogens with one attached hydrogen (secondary N) is 1. The van der Waals surface area contributed by atoms with Gasteiger partial charge in [-0.1, -0.05) is 6.92 Å². The van der Waals surface area contributed by atoms with Gasteiger partial charge in [0.1, 0.15) is 11.7 Å². The van der Waals surface area contributed by atoms with Gasteiger partial charge in [0.2, 0.25) is 0 Å². The lowest BCUT2D eigenvalue weighted by molar-refractivity contribution is 0.0495. The molecule has 1 saturated heterocycles. The molecule has 0 saturated carbocycles. The Morgan fingerprint density at radius 3 is 2.81 bits per heavy atom. The second kappa shape index (κ2) is 7.43. The maximum absolute atomic E-state index is 12.2. The van der Waals surface area contributed by atoms with Crippen LogP contribution < -0.4 is 10.2 Å². The van der Waals surface area contributed by atoms with Gasteiger partial charge in [-0.05, 0) is 57.4 Å². The topological polar surface area (TPSA) is 78.2 Å². The summed E-state index contributed by atoms with van der Waals surface area (Å²) < 4.78 is 5.40. The van der Waals surface area contributed by atoms with Gasteiger partial charge in [-0.2, -0.15) is 5.26 Å². The number of carbonyl (C=O) groups excluding carboxylic acids is 1. The van der Waals surface area contributed by atoms with E-state index in [2.05, 4.69) is 28.2 Å². The first kappa shape index (κ1) is 19.0. The number of pyridine rings is 1. The second-order valence-corrected chi connectivity index (χ2v) is 8.23. The molecule has 2 atom stereocenters. The number of amides is 1. The number of alkyl carbamates (subject to hydrolysis) is 1. The molecule has 3 rings (SSSR count). The summed E-state index contributed by atoms with van der Waals surface area (Å²) in [5.41, 5.74) is 1.81. The summed E-state index contributed by atoms with van der Waals surface area (Å²) in [7, 11) is 0. The number of piperidine rings is 1. The SMILES string of the molecule is CC1CC(NC(=O)OC(C)(C)C)CN(c2ccc(C#N)c3ncccc23)C1. The molecule has 1 fully saturated rings. The first-order chi connectivity index (χ1) is 12.8. The highest BCUT2D eigenvalue weighted by Gasteiger charge is 2.28. The number of anilines is 1. The van der Waals surface area contributed by atoms with Crippen molar-refractivity contribution in [3.05, 3.63) is 36.0 Å². The molecule has 6 heteroatoms. The highest BCUT2D eigenvalue weighted by molar-refractivity contribution is 5.95. The molecule has 1 aromatic carbocycles. The first-order valence-corrected chi connectivity index (χ1v) is 9.29. The van der Waals surface area contributed by atoms with Gasteiger partial charge in [-0.3, -0.25) is 4.98 Å².